The zero-order valence-electron chi connectivity index (χ0n) is 15.0. The van der Waals surface area contributed by atoms with Crippen molar-refractivity contribution in [3.05, 3.63) is 52.4 Å². The zero-order chi connectivity index (χ0) is 18.6. The van der Waals surface area contributed by atoms with E-state index in [1.807, 2.05) is 26.0 Å². The number of aryl methyl sites for hydroxylation is 1. The van der Waals surface area contributed by atoms with E-state index in [1.54, 1.807) is 12.1 Å². The van der Waals surface area contributed by atoms with E-state index in [0.717, 1.165) is 24.4 Å². The highest BCUT2D eigenvalue weighted by Crippen LogP contribution is 2.28. The molecule has 0 atom stereocenters. The number of methoxy groups -OCH3 is 1. The van der Waals surface area contributed by atoms with Gasteiger partial charge in [0.1, 0.15) is 11.6 Å². The van der Waals surface area contributed by atoms with Gasteiger partial charge in [-0.25, -0.2) is 0 Å². The van der Waals surface area contributed by atoms with Crippen LogP contribution in [-0.4, -0.2) is 22.6 Å². The largest absolute Gasteiger partial charge is 0.504 e. The van der Waals surface area contributed by atoms with Crippen molar-refractivity contribution in [2.24, 2.45) is 0 Å². The van der Waals surface area contributed by atoms with Crippen LogP contribution in [0, 0.1) is 25.2 Å². The number of aromatic nitrogens is 1. The highest BCUT2D eigenvalue weighted by Gasteiger charge is 2.19. The van der Waals surface area contributed by atoms with Crippen molar-refractivity contribution in [2.75, 3.05) is 7.11 Å². The van der Waals surface area contributed by atoms with Crippen LogP contribution in [0.3, 0.4) is 0 Å². The number of rotatable bonds is 6. The smallest absolute Gasteiger partial charge is 0.205 e. The van der Waals surface area contributed by atoms with E-state index >= 15 is 0 Å². The van der Waals surface area contributed by atoms with Gasteiger partial charge < -0.3 is 14.4 Å². The number of phenols is 1. The number of hydrogen-bond acceptors (Lipinski definition) is 4. The maximum absolute atomic E-state index is 12.8. The van der Waals surface area contributed by atoms with Gasteiger partial charge in [-0.05, 0) is 50.1 Å². The molecular formula is C20H22N2O3. The molecule has 5 nitrogen and oxygen atoms in total. The molecule has 0 aliphatic heterocycles. The molecule has 0 saturated carbocycles. The van der Waals surface area contributed by atoms with E-state index in [1.165, 1.54) is 19.3 Å². The van der Waals surface area contributed by atoms with Crippen molar-refractivity contribution in [1.29, 1.82) is 5.26 Å². The summed E-state index contributed by atoms with van der Waals surface area (Å²) >= 11 is 0. The normalized spacial score (nSPS) is 11.2. The van der Waals surface area contributed by atoms with Crippen LogP contribution in [0.1, 0.15) is 40.7 Å². The molecule has 1 N–H and O–H groups in total. The number of hydrogen-bond donors (Lipinski definition) is 1. The van der Waals surface area contributed by atoms with Crippen molar-refractivity contribution in [3.8, 4) is 17.6 Å². The van der Waals surface area contributed by atoms with Gasteiger partial charge in [0, 0.05) is 23.5 Å². The second-order valence-electron chi connectivity index (χ2n) is 5.87. The molecule has 1 aromatic carbocycles. The first-order chi connectivity index (χ1) is 11.9. The first-order valence-electron chi connectivity index (χ1n) is 8.13. The second kappa shape index (κ2) is 7.71. The lowest BCUT2D eigenvalue weighted by molar-refractivity contribution is 0.103. The molecular weight excluding hydrogens is 316 g/mol. The third kappa shape index (κ3) is 3.74. The summed E-state index contributed by atoms with van der Waals surface area (Å²) < 4.78 is 7.08. The molecule has 130 valence electrons. The second-order valence-corrected chi connectivity index (χ2v) is 5.87. The summed E-state index contributed by atoms with van der Waals surface area (Å²) in [6.45, 7) is 6.76. The van der Waals surface area contributed by atoms with Gasteiger partial charge >= 0.3 is 0 Å². The van der Waals surface area contributed by atoms with Crippen molar-refractivity contribution in [3.63, 3.8) is 0 Å². The third-order valence-electron chi connectivity index (χ3n) is 4.14. The number of Topliss-reactive ketones (excluding diaryl/α,β-unsaturated/α-hetero) is 1. The maximum Gasteiger partial charge on any atom is 0.205 e. The van der Waals surface area contributed by atoms with Gasteiger partial charge in [0.25, 0.3) is 0 Å². The zero-order valence-corrected chi connectivity index (χ0v) is 15.0. The summed E-state index contributed by atoms with van der Waals surface area (Å²) in [6, 6.07) is 8.53. The topological polar surface area (TPSA) is 75.2 Å². The molecule has 0 bridgehead atoms. The lowest BCUT2D eigenvalue weighted by atomic mass is 10.0. The Morgan fingerprint density at radius 1 is 1.36 bits per heavy atom. The first kappa shape index (κ1) is 18.3. The number of aromatic hydroxyl groups is 1. The SMILES string of the molecule is CCCn1c(C)cc(C(=O)/C(C#N)=C/c2ccc(OC)c(O)c2)c1C. The number of carbonyl (C=O) groups excluding carboxylic acids is 1. The van der Waals surface area contributed by atoms with E-state index in [-0.39, 0.29) is 17.1 Å². The maximum atomic E-state index is 12.8. The van der Waals surface area contributed by atoms with E-state index in [2.05, 4.69) is 11.5 Å². The summed E-state index contributed by atoms with van der Waals surface area (Å²) in [5.74, 6) is -0.0135. The molecule has 0 saturated heterocycles. The number of benzene rings is 1. The minimum Gasteiger partial charge on any atom is -0.504 e. The number of nitrogens with zero attached hydrogens (tertiary/aromatic N) is 2. The molecule has 2 aromatic rings. The monoisotopic (exact) mass is 338 g/mol. The number of nitriles is 1. The number of allylic oxidation sites excluding steroid dienone is 1. The minimum absolute atomic E-state index is 0.0290. The predicted molar refractivity (Wildman–Crippen MR) is 96.8 cm³/mol. The van der Waals surface area contributed by atoms with Gasteiger partial charge in [-0.3, -0.25) is 4.79 Å². The van der Waals surface area contributed by atoms with E-state index in [0.29, 0.717) is 16.9 Å². The molecule has 25 heavy (non-hydrogen) atoms. The number of carbonyl (C=O) groups is 1. The molecule has 0 spiro atoms. The average Bonchev–Trinajstić information content (AvgIpc) is 2.88. The molecule has 5 heteroatoms. The van der Waals surface area contributed by atoms with Crippen molar-refractivity contribution < 1.29 is 14.6 Å². The van der Waals surface area contributed by atoms with Gasteiger partial charge in [-0.1, -0.05) is 13.0 Å². The fourth-order valence-electron chi connectivity index (χ4n) is 2.86. The highest BCUT2D eigenvalue weighted by atomic mass is 16.5. The van der Waals surface area contributed by atoms with Crippen LogP contribution in [0.5, 0.6) is 11.5 Å². The lowest BCUT2D eigenvalue weighted by Crippen LogP contribution is -2.06. The van der Waals surface area contributed by atoms with Crippen LogP contribution < -0.4 is 4.74 Å². The Kier molecular flexibility index (Phi) is 5.66. The Bertz CT molecular complexity index is 870. The fraction of sp³-hybridized carbons (Fsp3) is 0.300. The quantitative estimate of drug-likeness (QED) is 0.490. The van der Waals surface area contributed by atoms with E-state index in [4.69, 9.17) is 4.74 Å². The number of phenolic OH excluding ortho intramolecular Hbond substituents is 1. The summed E-state index contributed by atoms with van der Waals surface area (Å²) in [5, 5.41) is 19.3. The van der Waals surface area contributed by atoms with Crippen molar-refractivity contribution in [1.82, 2.24) is 4.57 Å². The van der Waals surface area contributed by atoms with Crippen LogP contribution in [0.15, 0.2) is 29.8 Å². The molecule has 0 amide bonds. The third-order valence-corrected chi connectivity index (χ3v) is 4.14. The van der Waals surface area contributed by atoms with Crippen molar-refractivity contribution >= 4 is 11.9 Å². The molecule has 0 aliphatic rings. The Balaban J connectivity index is 2.41. The van der Waals surface area contributed by atoms with Gasteiger partial charge in [0.2, 0.25) is 5.78 Å². The summed E-state index contributed by atoms with van der Waals surface area (Å²) in [4.78, 5) is 12.8. The van der Waals surface area contributed by atoms with Gasteiger partial charge in [-0.15, -0.1) is 0 Å². The van der Waals surface area contributed by atoms with Crippen LogP contribution in [-0.2, 0) is 6.54 Å². The molecule has 0 radical (unpaired) electrons. The van der Waals surface area contributed by atoms with Crippen LogP contribution >= 0.6 is 0 Å². The van der Waals surface area contributed by atoms with Gasteiger partial charge in [0.15, 0.2) is 11.5 Å². The number of ketones is 1. The Morgan fingerprint density at radius 2 is 2.08 bits per heavy atom. The van der Waals surface area contributed by atoms with Gasteiger partial charge in [0.05, 0.1) is 7.11 Å². The Hall–Kier alpha value is -3.00. The molecule has 0 unspecified atom stereocenters. The standard InChI is InChI=1S/C20H22N2O3/c1-5-8-22-13(2)9-17(14(22)3)20(24)16(12-21)10-15-6-7-19(25-4)18(23)11-15/h6-7,9-11,23H,5,8H2,1-4H3/b16-10+. The molecule has 0 aliphatic carbocycles. The van der Waals surface area contributed by atoms with Crippen LogP contribution in [0.4, 0.5) is 0 Å². The molecule has 0 fully saturated rings. The molecule has 1 heterocycles. The first-order valence-corrected chi connectivity index (χ1v) is 8.13. The van der Waals surface area contributed by atoms with E-state index < -0.39 is 0 Å². The Morgan fingerprint density at radius 3 is 2.64 bits per heavy atom. The number of ether oxygens (including phenoxy) is 1. The fourth-order valence-corrected chi connectivity index (χ4v) is 2.86. The highest BCUT2D eigenvalue weighted by molar-refractivity contribution is 6.14. The lowest BCUT2D eigenvalue weighted by Gasteiger charge is -2.07. The minimum atomic E-state index is -0.312. The average molecular weight is 338 g/mol. The van der Waals surface area contributed by atoms with Crippen LogP contribution in [0.25, 0.3) is 6.08 Å². The summed E-state index contributed by atoms with van der Waals surface area (Å²) in [6.07, 6.45) is 2.45. The Labute approximate surface area is 147 Å². The van der Waals surface area contributed by atoms with Crippen LogP contribution in [0.2, 0.25) is 0 Å². The van der Waals surface area contributed by atoms with Crippen molar-refractivity contribution in [2.45, 2.75) is 33.7 Å². The summed E-state index contributed by atoms with van der Waals surface area (Å²) in [5.41, 5.74) is 2.99. The van der Waals surface area contributed by atoms with Gasteiger partial charge in [-0.2, -0.15) is 5.26 Å². The predicted octanol–water partition coefficient (Wildman–Crippen LogP) is 4.02. The molecule has 1 aromatic heterocycles. The molecule has 2 rings (SSSR count). The van der Waals surface area contributed by atoms with E-state index in [9.17, 15) is 15.2 Å². The summed E-state index contributed by atoms with van der Waals surface area (Å²) in [7, 11) is 1.46.